The average Bonchev–Trinajstić information content (AvgIpc) is 3.31. The summed E-state index contributed by atoms with van der Waals surface area (Å²) in [6, 6.07) is 2.37. The standard InChI is InChI=1S/C17H20ClN7/c18-14-8-21-15(9-20-14)22-16(12-4-2-1-3-5-12)13-10-25(24-23-13)17(11-19)6-7-17/h8-10,12,16H,1-7H2,(H,21,22)/t16-/m1/s1. The van der Waals surface area contributed by atoms with Gasteiger partial charge in [-0.05, 0) is 31.6 Å². The lowest BCUT2D eigenvalue weighted by molar-refractivity contribution is 0.317. The molecule has 2 aliphatic rings. The molecule has 0 spiro atoms. The first-order chi connectivity index (χ1) is 12.2. The number of halogens is 1. The van der Waals surface area contributed by atoms with Gasteiger partial charge in [0.25, 0.3) is 0 Å². The normalized spacial score (nSPS) is 20.6. The van der Waals surface area contributed by atoms with Crippen molar-refractivity contribution in [3.05, 3.63) is 29.4 Å². The van der Waals surface area contributed by atoms with E-state index >= 15 is 0 Å². The van der Waals surface area contributed by atoms with Crippen LogP contribution in [0, 0.1) is 17.2 Å². The van der Waals surface area contributed by atoms with Crippen molar-refractivity contribution < 1.29 is 0 Å². The Morgan fingerprint density at radius 2 is 2.04 bits per heavy atom. The summed E-state index contributed by atoms with van der Waals surface area (Å²) in [7, 11) is 0. The fraction of sp³-hybridized carbons (Fsp3) is 0.588. The molecule has 7 nitrogen and oxygen atoms in total. The number of nitrogens with one attached hydrogen (secondary N) is 1. The number of hydrogen-bond donors (Lipinski definition) is 1. The Hall–Kier alpha value is -2.20. The predicted molar refractivity (Wildman–Crippen MR) is 92.8 cm³/mol. The van der Waals surface area contributed by atoms with Crippen molar-refractivity contribution in [3.63, 3.8) is 0 Å². The van der Waals surface area contributed by atoms with E-state index in [1.807, 2.05) is 6.20 Å². The van der Waals surface area contributed by atoms with Crippen molar-refractivity contribution in [1.82, 2.24) is 25.0 Å². The maximum Gasteiger partial charge on any atom is 0.150 e. The molecule has 2 aromatic rings. The maximum absolute atomic E-state index is 9.38. The molecule has 25 heavy (non-hydrogen) atoms. The third-order valence-electron chi connectivity index (χ3n) is 5.24. The summed E-state index contributed by atoms with van der Waals surface area (Å²) in [4.78, 5) is 8.40. The van der Waals surface area contributed by atoms with Crippen molar-refractivity contribution in [3.8, 4) is 6.07 Å². The lowest BCUT2D eigenvalue weighted by Gasteiger charge is -2.29. The molecule has 2 aliphatic carbocycles. The lowest BCUT2D eigenvalue weighted by atomic mass is 9.83. The molecule has 0 unspecified atom stereocenters. The fourth-order valence-electron chi connectivity index (χ4n) is 3.59. The SMILES string of the molecule is N#CC1(n2cc([C@H](Nc3cnc(Cl)cn3)C3CCCCC3)nn2)CC1. The van der Waals surface area contributed by atoms with Gasteiger partial charge >= 0.3 is 0 Å². The number of nitrogens with zero attached hydrogens (tertiary/aromatic N) is 6. The highest BCUT2D eigenvalue weighted by Crippen LogP contribution is 2.43. The van der Waals surface area contributed by atoms with E-state index in [1.165, 1.54) is 25.5 Å². The van der Waals surface area contributed by atoms with Crippen LogP contribution in [0.2, 0.25) is 5.15 Å². The van der Waals surface area contributed by atoms with E-state index < -0.39 is 5.54 Å². The molecule has 0 aromatic carbocycles. The Labute approximate surface area is 151 Å². The second-order valence-electron chi connectivity index (χ2n) is 6.98. The van der Waals surface area contributed by atoms with Crippen LogP contribution in [0.4, 0.5) is 5.82 Å². The first-order valence-electron chi connectivity index (χ1n) is 8.78. The van der Waals surface area contributed by atoms with E-state index in [0.717, 1.165) is 31.4 Å². The lowest BCUT2D eigenvalue weighted by Crippen LogP contribution is -2.24. The summed E-state index contributed by atoms with van der Waals surface area (Å²) in [5.74, 6) is 1.14. The van der Waals surface area contributed by atoms with E-state index in [9.17, 15) is 5.26 Å². The molecule has 4 rings (SSSR count). The van der Waals surface area contributed by atoms with Crippen molar-refractivity contribution in [2.24, 2.45) is 5.92 Å². The summed E-state index contributed by atoms with van der Waals surface area (Å²) >= 11 is 5.83. The topological polar surface area (TPSA) is 92.3 Å². The second kappa shape index (κ2) is 6.60. The molecule has 1 atom stereocenters. The Kier molecular flexibility index (Phi) is 4.30. The molecule has 2 heterocycles. The van der Waals surface area contributed by atoms with Crippen LogP contribution in [0.5, 0.6) is 0 Å². The van der Waals surface area contributed by atoms with Crippen molar-refractivity contribution >= 4 is 17.4 Å². The molecule has 0 amide bonds. The van der Waals surface area contributed by atoms with Crippen LogP contribution in [0.3, 0.4) is 0 Å². The van der Waals surface area contributed by atoms with Gasteiger partial charge in [-0.2, -0.15) is 5.26 Å². The van der Waals surface area contributed by atoms with Gasteiger partial charge in [0.2, 0.25) is 0 Å². The van der Waals surface area contributed by atoms with Gasteiger partial charge in [0.05, 0.1) is 30.7 Å². The molecule has 130 valence electrons. The third kappa shape index (κ3) is 3.31. The third-order valence-corrected chi connectivity index (χ3v) is 5.44. The van der Waals surface area contributed by atoms with E-state index in [-0.39, 0.29) is 6.04 Å². The minimum absolute atomic E-state index is 0.0130. The summed E-state index contributed by atoms with van der Waals surface area (Å²) in [5.41, 5.74) is 0.382. The average molecular weight is 358 g/mol. The monoisotopic (exact) mass is 357 g/mol. The maximum atomic E-state index is 9.38. The van der Waals surface area contributed by atoms with Crippen molar-refractivity contribution in [2.45, 2.75) is 56.5 Å². The smallest absolute Gasteiger partial charge is 0.150 e. The first kappa shape index (κ1) is 16.3. The quantitative estimate of drug-likeness (QED) is 0.880. The summed E-state index contributed by atoms with van der Waals surface area (Å²) in [6.45, 7) is 0. The van der Waals surface area contributed by atoms with Gasteiger partial charge in [-0.15, -0.1) is 5.10 Å². The zero-order valence-electron chi connectivity index (χ0n) is 13.9. The Balaban J connectivity index is 1.60. The first-order valence-corrected chi connectivity index (χ1v) is 9.16. The van der Waals surface area contributed by atoms with Crippen LogP contribution in [-0.2, 0) is 5.54 Å². The zero-order chi connectivity index (χ0) is 17.3. The van der Waals surface area contributed by atoms with Crippen LogP contribution in [-0.4, -0.2) is 25.0 Å². The van der Waals surface area contributed by atoms with Gasteiger partial charge in [0.15, 0.2) is 5.54 Å². The van der Waals surface area contributed by atoms with E-state index in [1.54, 1.807) is 10.9 Å². The molecule has 8 heteroatoms. The Bertz CT molecular complexity index is 769. The van der Waals surface area contributed by atoms with Crippen LogP contribution >= 0.6 is 11.6 Å². The number of rotatable bonds is 5. The molecule has 2 aromatic heterocycles. The Morgan fingerprint density at radius 3 is 2.68 bits per heavy atom. The van der Waals surface area contributed by atoms with Gasteiger partial charge in [-0.3, -0.25) is 0 Å². The summed E-state index contributed by atoms with van der Waals surface area (Å²) < 4.78 is 1.73. The van der Waals surface area contributed by atoms with Crippen LogP contribution < -0.4 is 5.32 Å². The number of aromatic nitrogens is 5. The largest absolute Gasteiger partial charge is 0.360 e. The zero-order valence-corrected chi connectivity index (χ0v) is 14.7. The molecule has 2 saturated carbocycles. The molecule has 0 saturated heterocycles. The predicted octanol–water partition coefficient (Wildman–Crippen LogP) is 3.47. The molecule has 0 aliphatic heterocycles. The van der Waals surface area contributed by atoms with Crippen LogP contribution in [0.1, 0.15) is 56.7 Å². The summed E-state index contributed by atoms with van der Waals surface area (Å²) in [6.07, 6.45) is 12.8. The van der Waals surface area contributed by atoms with Crippen LogP contribution in [0.15, 0.2) is 18.6 Å². The minimum atomic E-state index is -0.484. The van der Waals surface area contributed by atoms with Gasteiger partial charge in [-0.1, -0.05) is 36.1 Å². The molecular weight excluding hydrogens is 338 g/mol. The van der Waals surface area contributed by atoms with E-state index in [4.69, 9.17) is 11.6 Å². The van der Waals surface area contributed by atoms with Gasteiger partial charge < -0.3 is 5.32 Å². The molecule has 0 radical (unpaired) electrons. The van der Waals surface area contributed by atoms with E-state index in [0.29, 0.717) is 16.9 Å². The molecule has 2 fully saturated rings. The van der Waals surface area contributed by atoms with Gasteiger partial charge in [-0.25, -0.2) is 14.6 Å². The number of hydrogen-bond acceptors (Lipinski definition) is 6. The van der Waals surface area contributed by atoms with Gasteiger partial charge in [0, 0.05) is 0 Å². The van der Waals surface area contributed by atoms with Crippen molar-refractivity contribution in [2.75, 3.05) is 5.32 Å². The highest BCUT2D eigenvalue weighted by atomic mass is 35.5. The fourth-order valence-corrected chi connectivity index (χ4v) is 3.68. The molecular formula is C17H20ClN7. The van der Waals surface area contributed by atoms with E-state index in [2.05, 4.69) is 31.7 Å². The molecule has 1 N–H and O–H groups in total. The van der Waals surface area contributed by atoms with Crippen LogP contribution in [0.25, 0.3) is 0 Å². The highest BCUT2D eigenvalue weighted by molar-refractivity contribution is 6.29. The minimum Gasteiger partial charge on any atom is -0.360 e. The Morgan fingerprint density at radius 1 is 1.24 bits per heavy atom. The number of nitriles is 1. The highest BCUT2D eigenvalue weighted by Gasteiger charge is 2.47. The second-order valence-corrected chi connectivity index (χ2v) is 7.36. The van der Waals surface area contributed by atoms with Crippen molar-refractivity contribution in [1.29, 1.82) is 5.26 Å². The van der Waals surface area contributed by atoms with Gasteiger partial charge in [0.1, 0.15) is 16.7 Å². The molecule has 0 bridgehead atoms. The summed E-state index contributed by atoms with van der Waals surface area (Å²) in [5, 5.41) is 21.8. The number of anilines is 1.